The van der Waals surface area contributed by atoms with Crippen molar-refractivity contribution in [2.45, 2.75) is 39.2 Å². The van der Waals surface area contributed by atoms with Gasteiger partial charge in [-0.25, -0.2) is 8.78 Å². The molecule has 0 saturated heterocycles. The summed E-state index contributed by atoms with van der Waals surface area (Å²) < 4.78 is 26.7. The van der Waals surface area contributed by atoms with E-state index in [0.29, 0.717) is 18.0 Å². The molecule has 1 N–H and O–H groups in total. The summed E-state index contributed by atoms with van der Waals surface area (Å²) in [5.74, 6) is -0.644. The predicted molar refractivity (Wildman–Crippen MR) is 64.9 cm³/mol. The second-order valence-corrected chi connectivity index (χ2v) is 5.05. The number of halogens is 2. The van der Waals surface area contributed by atoms with Crippen molar-refractivity contribution in [3.05, 3.63) is 35.4 Å². The molecule has 1 saturated carbocycles. The zero-order valence-corrected chi connectivity index (χ0v) is 10.4. The van der Waals surface area contributed by atoms with Gasteiger partial charge in [0.25, 0.3) is 0 Å². The van der Waals surface area contributed by atoms with Crippen LogP contribution in [0.5, 0.6) is 0 Å². The fourth-order valence-corrected chi connectivity index (χ4v) is 2.50. The zero-order chi connectivity index (χ0) is 12.5. The minimum absolute atomic E-state index is 0.130. The highest BCUT2D eigenvalue weighted by atomic mass is 19.1. The normalized spacial score (nSPS) is 19.1. The van der Waals surface area contributed by atoms with E-state index < -0.39 is 0 Å². The Morgan fingerprint density at radius 3 is 2.65 bits per heavy atom. The second-order valence-electron chi connectivity index (χ2n) is 5.05. The maximum Gasteiger partial charge on any atom is 0.126 e. The summed E-state index contributed by atoms with van der Waals surface area (Å²) in [5, 5.41) is 3.39. The lowest BCUT2D eigenvalue weighted by Crippen LogP contribution is -2.36. The summed E-state index contributed by atoms with van der Waals surface area (Å²) in [6.45, 7) is 5.11. The van der Waals surface area contributed by atoms with Gasteiger partial charge in [0, 0.05) is 6.04 Å². The van der Waals surface area contributed by atoms with Crippen LogP contribution in [0.1, 0.15) is 32.3 Å². The van der Waals surface area contributed by atoms with Gasteiger partial charge in [0.1, 0.15) is 11.6 Å². The van der Waals surface area contributed by atoms with Crippen molar-refractivity contribution >= 4 is 0 Å². The number of rotatable bonds is 5. The highest BCUT2D eigenvalue weighted by Crippen LogP contribution is 2.51. The third-order valence-corrected chi connectivity index (χ3v) is 3.87. The summed E-state index contributed by atoms with van der Waals surface area (Å²) in [5.41, 5.74) is 0.636. The third-order valence-electron chi connectivity index (χ3n) is 3.87. The standard InChI is InChI=1S/C14H19F2N/c1-3-17-10(2)14(6-7-14)9-11-8-12(15)4-5-13(11)16/h4-5,8,10,17H,3,6-7,9H2,1-2H3. The number of hydrogen-bond donors (Lipinski definition) is 1. The Morgan fingerprint density at radius 1 is 1.35 bits per heavy atom. The fourth-order valence-electron chi connectivity index (χ4n) is 2.50. The lowest BCUT2D eigenvalue weighted by Gasteiger charge is -2.24. The first-order chi connectivity index (χ1) is 8.07. The van der Waals surface area contributed by atoms with Crippen LogP contribution in [0.3, 0.4) is 0 Å². The molecule has 2 rings (SSSR count). The van der Waals surface area contributed by atoms with Crippen molar-refractivity contribution in [2.24, 2.45) is 5.41 Å². The van der Waals surface area contributed by atoms with Gasteiger partial charge in [-0.15, -0.1) is 0 Å². The number of hydrogen-bond acceptors (Lipinski definition) is 1. The Hall–Kier alpha value is -0.960. The van der Waals surface area contributed by atoms with Gasteiger partial charge in [-0.2, -0.15) is 0 Å². The molecule has 1 atom stereocenters. The van der Waals surface area contributed by atoms with Gasteiger partial charge in [0.15, 0.2) is 0 Å². The monoisotopic (exact) mass is 239 g/mol. The highest BCUT2D eigenvalue weighted by molar-refractivity contribution is 5.22. The van der Waals surface area contributed by atoms with Gasteiger partial charge in [-0.1, -0.05) is 6.92 Å². The minimum atomic E-state index is -0.353. The molecule has 1 aromatic rings. The fraction of sp³-hybridized carbons (Fsp3) is 0.571. The lowest BCUT2D eigenvalue weighted by atomic mass is 9.89. The largest absolute Gasteiger partial charge is 0.314 e. The van der Waals surface area contributed by atoms with E-state index >= 15 is 0 Å². The molecular weight excluding hydrogens is 220 g/mol. The van der Waals surface area contributed by atoms with E-state index in [1.807, 2.05) is 0 Å². The van der Waals surface area contributed by atoms with E-state index in [1.54, 1.807) is 0 Å². The minimum Gasteiger partial charge on any atom is -0.314 e. The van der Waals surface area contributed by atoms with Gasteiger partial charge in [-0.3, -0.25) is 0 Å². The first kappa shape index (κ1) is 12.5. The molecule has 0 radical (unpaired) electrons. The number of nitrogens with one attached hydrogen (secondary N) is 1. The Kier molecular flexibility index (Phi) is 3.48. The molecule has 0 heterocycles. The molecule has 3 heteroatoms. The Labute approximate surface area is 101 Å². The summed E-state index contributed by atoms with van der Waals surface area (Å²) in [4.78, 5) is 0. The van der Waals surface area contributed by atoms with Crippen molar-refractivity contribution in [3.63, 3.8) is 0 Å². The summed E-state index contributed by atoms with van der Waals surface area (Å²) >= 11 is 0. The van der Waals surface area contributed by atoms with Crippen molar-refractivity contribution in [3.8, 4) is 0 Å². The molecule has 17 heavy (non-hydrogen) atoms. The van der Waals surface area contributed by atoms with E-state index in [1.165, 1.54) is 18.2 Å². The molecule has 0 aliphatic heterocycles. The second kappa shape index (κ2) is 4.73. The van der Waals surface area contributed by atoms with Crippen molar-refractivity contribution < 1.29 is 8.78 Å². The van der Waals surface area contributed by atoms with Gasteiger partial charge in [0.2, 0.25) is 0 Å². The topological polar surface area (TPSA) is 12.0 Å². The van der Waals surface area contributed by atoms with Crippen molar-refractivity contribution in [2.75, 3.05) is 6.54 Å². The molecular formula is C14H19F2N. The smallest absolute Gasteiger partial charge is 0.126 e. The van der Waals surface area contributed by atoms with Gasteiger partial charge >= 0.3 is 0 Å². The van der Waals surface area contributed by atoms with E-state index in [4.69, 9.17) is 0 Å². The SMILES string of the molecule is CCNC(C)C1(Cc2cc(F)ccc2F)CC1. The average molecular weight is 239 g/mol. The molecule has 1 aliphatic rings. The maximum atomic E-state index is 13.6. The zero-order valence-electron chi connectivity index (χ0n) is 10.4. The maximum absolute atomic E-state index is 13.6. The first-order valence-corrected chi connectivity index (χ1v) is 6.25. The molecule has 1 aliphatic carbocycles. The van der Waals surface area contributed by atoms with Crippen LogP contribution in [-0.2, 0) is 6.42 Å². The molecule has 1 fully saturated rings. The van der Waals surface area contributed by atoms with Gasteiger partial charge in [-0.05, 0) is 61.9 Å². The average Bonchev–Trinajstić information content (AvgIpc) is 3.05. The van der Waals surface area contributed by atoms with Crippen LogP contribution in [0.15, 0.2) is 18.2 Å². The highest BCUT2D eigenvalue weighted by Gasteiger charge is 2.47. The van der Waals surface area contributed by atoms with Crippen LogP contribution in [0.25, 0.3) is 0 Å². The molecule has 1 aromatic carbocycles. The molecule has 1 nitrogen and oxygen atoms in total. The molecule has 0 amide bonds. The van der Waals surface area contributed by atoms with E-state index in [-0.39, 0.29) is 17.0 Å². The lowest BCUT2D eigenvalue weighted by molar-refractivity contribution is 0.351. The van der Waals surface area contributed by atoms with Crippen LogP contribution in [-0.4, -0.2) is 12.6 Å². The first-order valence-electron chi connectivity index (χ1n) is 6.25. The molecule has 0 bridgehead atoms. The Bertz CT molecular complexity index is 399. The van der Waals surface area contributed by atoms with E-state index in [2.05, 4.69) is 19.2 Å². The van der Waals surface area contributed by atoms with Gasteiger partial charge in [0.05, 0.1) is 0 Å². The van der Waals surface area contributed by atoms with Crippen molar-refractivity contribution in [1.29, 1.82) is 0 Å². The predicted octanol–water partition coefficient (Wildman–Crippen LogP) is 3.29. The van der Waals surface area contributed by atoms with Crippen LogP contribution >= 0.6 is 0 Å². The van der Waals surface area contributed by atoms with Crippen LogP contribution in [0, 0.1) is 17.0 Å². The Morgan fingerprint density at radius 2 is 2.06 bits per heavy atom. The third kappa shape index (κ3) is 2.65. The van der Waals surface area contributed by atoms with Gasteiger partial charge < -0.3 is 5.32 Å². The molecule has 94 valence electrons. The quantitative estimate of drug-likeness (QED) is 0.831. The Balaban J connectivity index is 2.12. The molecule has 1 unspecified atom stereocenters. The number of benzene rings is 1. The molecule has 0 spiro atoms. The van der Waals surface area contributed by atoms with E-state index in [0.717, 1.165) is 19.4 Å². The van der Waals surface area contributed by atoms with Crippen LogP contribution in [0.4, 0.5) is 8.78 Å². The van der Waals surface area contributed by atoms with Crippen molar-refractivity contribution in [1.82, 2.24) is 5.32 Å². The summed E-state index contributed by atoms with van der Waals surface area (Å²) in [6, 6.07) is 4.08. The van der Waals surface area contributed by atoms with Crippen LogP contribution < -0.4 is 5.32 Å². The van der Waals surface area contributed by atoms with Crippen LogP contribution in [0.2, 0.25) is 0 Å². The molecule has 0 aromatic heterocycles. The van der Waals surface area contributed by atoms with E-state index in [9.17, 15) is 8.78 Å². The summed E-state index contributed by atoms with van der Waals surface area (Å²) in [7, 11) is 0. The summed E-state index contributed by atoms with van der Waals surface area (Å²) in [6.07, 6.45) is 2.82.